The molecule has 0 aliphatic carbocycles. The summed E-state index contributed by atoms with van der Waals surface area (Å²) in [6, 6.07) is 10.3. The van der Waals surface area contributed by atoms with Gasteiger partial charge in [-0.1, -0.05) is 56.3 Å². The molecule has 142 valence electrons. The fourth-order valence-corrected chi connectivity index (χ4v) is 3.45. The predicted molar refractivity (Wildman–Crippen MR) is 103 cm³/mol. The molecule has 2 rings (SSSR count). The third-order valence-corrected chi connectivity index (χ3v) is 5.31. The second-order valence-electron chi connectivity index (χ2n) is 7.52. The van der Waals surface area contributed by atoms with Crippen molar-refractivity contribution in [2.24, 2.45) is 11.8 Å². The Kier molecular flexibility index (Phi) is 9.30. The number of nitrogens with one attached hydrogen (secondary N) is 1. The number of piperidine rings is 1. The molecule has 0 saturated carbocycles. The monoisotopic (exact) mass is 348 g/mol. The van der Waals surface area contributed by atoms with E-state index in [9.17, 15) is 0 Å². The van der Waals surface area contributed by atoms with E-state index in [1.165, 1.54) is 38.5 Å². The Bertz CT molecular complexity index is 446. The molecule has 0 aromatic heterocycles. The first-order valence-electron chi connectivity index (χ1n) is 10.1. The van der Waals surface area contributed by atoms with Crippen LogP contribution in [0.15, 0.2) is 30.3 Å². The Morgan fingerprint density at radius 2 is 1.84 bits per heavy atom. The standard InChI is InChI=1S/C21H36N2O2/c1-4-5-7-10-19(3)22-17-18(2)20-13-15-23(16-14-20)25-24-21-11-8-6-9-12-21/h6,8-9,11-12,18-20,22H,4-5,7,10,13-17H2,1-3H3. The first-order valence-corrected chi connectivity index (χ1v) is 10.1. The molecule has 1 aromatic rings. The van der Waals surface area contributed by atoms with Crippen LogP contribution < -0.4 is 10.2 Å². The number of hydrogen-bond donors (Lipinski definition) is 1. The molecule has 0 spiro atoms. The molecule has 0 radical (unpaired) electrons. The minimum absolute atomic E-state index is 0.636. The summed E-state index contributed by atoms with van der Waals surface area (Å²) in [5.41, 5.74) is 0. The van der Waals surface area contributed by atoms with E-state index in [1.807, 2.05) is 35.4 Å². The lowest BCUT2D eigenvalue weighted by Crippen LogP contribution is -2.39. The van der Waals surface area contributed by atoms with E-state index >= 15 is 0 Å². The van der Waals surface area contributed by atoms with Crippen molar-refractivity contribution >= 4 is 0 Å². The minimum atomic E-state index is 0.636. The van der Waals surface area contributed by atoms with Crippen LogP contribution >= 0.6 is 0 Å². The number of hydrogen-bond acceptors (Lipinski definition) is 4. The lowest BCUT2D eigenvalue weighted by molar-refractivity contribution is -0.374. The van der Waals surface area contributed by atoms with Gasteiger partial charge in [0.05, 0.1) is 0 Å². The van der Waals surface area contributed by atoms with Crippen LogP contribution in [0.5, 0.6) is 5.75 Å². The third-order valence-electron chi connectivity index (χ3n) is 5.31. The van der Waals surface area contributed by atoms with Gasteiger partial charge in [0.1, 0.15) is 0 Å². The van der Waals surface area contributed by atoms with Crippen molar-refractivity contribution in [1.82, 2.24) is 10.4 Å². The van der Waals surface area contributed by atoms with E-state index < -0.39 is 0 Å². The SMILES string of the molecule is CCCCCC(C)NCC(C)C1CCN(OOc2ccccc2)CC1. The molecule has 4 heteroatoms. The smallest absolute Gasteiger partial charge is 0.167 e. The van der Waals surface area contributed by atoms with E-state index in [2.05, 4.69) is 26.1 Å². The maximum absolute atomic E-state index is 5.47. The van der Waals surface area contributed by atoms with Crippen LogP contribution in [0.1, 0.15) is 59.3 Å². The van der Waals surface area contributed by atoms with Crippen molar-refractivity contribution in [2.45, 2.75) is 65.3 Å². The average Bonchev–Trinajstić information content (AvgIpc) is 2.66. The molecule has 0 bridgehead atoms. The van der Waals surface area contributed by atoms with Crippen LogP contribution in [-0.2, 0) is 4.99 Å². The lowest BCUT2D eigenvalue weighted by atomic mass is 9.86. The molecule has 2 unspecified atom stereocenters. The van der Waals surface area contributed by atoms with Crippen LogP contribution in [0.3, 0.4) is 0 Å². The molecule has 0 amide bonds. The van der Waals surface area contributed by atoms with Gasteiger partial charge in [-0.05, 0) is 56.7 Å². The average molecular weight is 349 g/mol. The van der Waals surface area contributed by atoms with Crippen LogP contribution in [0, 0.1) is 11.8 Å². The van der Waals surface area contributed by atoms with Crippen molar-refractivity contribution in [1.29, 1.82) is 0 Å². The molecule has 1 aliphatic heterocycles. The van der Waals surface area contributed by atoms with Gasteiger partial charge >= 0.3 is 0 Å². The number of rotatable bonds is 11. The van der Waals surface area contributed by atoms with E-state index in [0.717, 1.165) is 31.3 Å². The number of nitrogens with zero attached hydrogens (tertiary/aromatic N) is 1. The van der Waals surface area contributed by atoms with Crippen LogP contribution in [0.2, 0.25) is 0 Å². The van der Waals surface area contributed by atoms with Crippen LogP contribution in [0.25, 0.3) is 0 Å². The molecule has 4 nitrogen and oxygen atoms in total. The molecule has 1 aliphatic rings. The van der Waals surface area contributed by atoms with Gasteiger partial charge in [-0.15, -0.1) is 5.06 Å². The zero-order chi connectivity index (χ0) is 17.9. The van der Waals surface area contributed by atoms with Gasteiger partial charge in [0.15, 0.2) is 5.75 Å². The van der Waals surface area contributed by atoms with Crippen LogP contribution in [-0.4, -0.2) is 30.7 Å². The highest BCUT2D eigenvalue weighted by Crippen LogP contribution is 2.25. The maximum atomic E-state index is 5.47. The van der Waals surface area contributed by atoms with E-state index in [0.29, 0.717) is 12.0 Å². The highest BCUT2D eigenvalue weighted by atomic mass is 17.3. The number of unbranched alkanes of at least 4 members (excludes halogenated alkanes) is 2. The summed E-state index contributed by atoms with van der Waals surface area (Å²) in [6.45, 7) is 9.97. The van der Waals surface area contributed by atoms with Gasteiger partial charge in [0, 0.05) is 19.1 Å². The summed E-state index contributed by atoms with van der Waals surface area (Å²) in [4.78, 5) is 10.8. The van der Waals surface area contributed by atoms with Crippen molar-refractivity contribution in [2.75, 3.05) is 19.6 Å². The number of benzene rings is 1. The molecule has 1 aromatic carbocycles. The van der Waals surface area contributed by atoms with Crippen LogP contribution in [0.4, 0.5) is 0 Å². The Balaban J connectivity index is 1.59. The Morgan fingerprint density at radius 3 is 2.52 bits per heavy atom. The zero-order valence-electron chi connectivity index (χ0n) is 16.2. The van der Waals surface area contributed by atoms with E-state index in [1.54, 1.807) is 0 Å². The van der Waals surface area contributed by atoms with Gasteiger partial charge in [0.2, 0.25) is 0 Å². The summed E-state index contributed by atoms with van der Waals surface area (Å²) in [6.07, 6.45) is 7.64. The summed E-state index contributed by atoms with van der Waals surface area (Å²) < 4.78 is 0. The quantitative estimate of drug-likeness (QED) is 0.353. The first-order chi connectivity index (χ1) is 12.2. The topological polar surface area (TPSA) is 33.7 Å². The number of hydroxylamine groups is 2. The lowest BCUT2D eigenvalue weighted by Gasteiger charge is -2.33. The Hall–Kier alpha value is -1.10. The fourth-order valence-electron chi connectivity index (χ4n) is 3.45. The molecule has 25 heavy (non-hydrogen) atoms. The molecule has 1 saturated heterocycles. The van der Waals surface area contributed by atoms with Gasteiger partial charge in [-0.25, -0.2) is 0 Å². The Labute approximate surface area is 153 Å². The highest BCUT2D eigenvalue weighted by molar-refractivity contribution is 5.20. The second-order valence-corrected chi connectivity index (χ2v) is 7.52. The minimum Gasteiger partial charge on any atom is -0.319 e. The summed E-state index contributed by atoms with van der Waals surface area (Å²) >= 11 is 0. The molecule has 2 atom stereocenters. The summed E-state index contributed by atoms with van der Waals surface area (Å²) in [5, 5.41) is 5.67. The van der Waals surface area contributed by atoms with Gasteiger partial charge in [0.25, 0.3) is 0 Å². The van der Waals surface area contributed by atoms with Gasteiger partial charge in [-0.3, -0.25) is 0 Å². The van der Waals surface area contributed by atoms with Crippen molar-refractivity contribution in [3.8, 4) is 5.75 Å². The molecule has 1 fully saturated rings. The fraction of sp³-hybridized carbons (Fsp3) is 0.714. The normalized spacial score (nSPS) is 18.8. The summed E-state index contributed by atoms with van der Waals surface area (Å²) in [5.74, 6) is 2.23. The Morgan fingerprint density at radius 1 is 1.12 bits per heavy atom. The second kappa shape index (κ2) is 11.5. The molecule has 1 heterocycles. The van der Waals surface area contributed by atoms with Gasteiger partial charge < -0.3 is 10.2 Å². The third kappa shape index (κ3) is 7.76. The molecular weight excluding hydrogens is 312 g/mol. The van der Waals surface area contributed by atoms with Crippen molar-refractivity contribution < 1.29 is 9.88 Å². The molecular formula is C21H36N2O2. The predicted octanol–water partition coefficient (Wildman–Crippen LogP) is 4.82. The van der Waals surface area contributed by atoms with E-state index in [4.69, 9.17) is 9.88 Å². The zero-order valence-corrected chi connectivity index (χ0v) is 16.2. The summed E-state index contributed by atoms with van der Waals surface area (Å²) in [7, 11) is 0. The number of para-hydroxylation sites is 1. The van der Waals surface area contributed by atoms with Crippen molar-refractivity contribution in [3.63, 3.8) is 0 Å². The maximum Gasteiger partial charge on any atom is 0.167 e. The molecule has 1 N–H and O–H groups in total. The first kappa shape index (κ1) is 20.2. The highest BCUT2D eigenvalue weighted by Gasteiger charge is 2.25. The largest absolute Gasteiger partial charge is 0.319 e. The van der Waals surface area contributed by atoms with Crippen molar-refractivity contribution in [3.05, 3.63) is 30.3 Å². The van der Waals surface area contributed by atoms with E-state index in [-0.39, 0.29) is 0 Å². The van der Waals surface area contributed by atoms with Gasteiger partial charge in [-0.2, -0.15) is 0 Å².